The zero-order valence-corrected chi connectivity index (χ0v) is 17.3. The molecule has 13 heteroatoms. The smallest absolute Gasteiger partial charge is 0.420 e. The molecule has 0 aromatic carbocycles. The van der Waals surface area contributed by atoms with E-state index >= 15 is 0 Å². The zero-order chi connectivity index (χ0) is 21.9. The molecule has 2 rings (SSSR count). The lowest BCUT2D eigenvalue weighted by atomic mass is 10.1. The molecule has 0 aliphatic heterocycles. The number of aromatic amines is 1. The van der Waals surface area contributed by atoms with Crippen molar-refractivity contribution in [1.82, 2.24) is 24.2 Å². The third-order valence-corrected chi connectivity index (χ3v) is 4.64. The molecule has 0 bridgehead atoms. The van der Waals surface area contributed by atoms with E-state index in [4.69, 9.17) is 16.2 Å². The summed E-state index contributed by atoms with van der Waals surface area (Å²) in [5.74, 6) is -0.545. The Labute approximate surface area is 178 Å². The number of hydrogen-bond donors (Lipinski definition) is 5. The van der Waals surface area contributed by atoms with E-state index in [9.17, 15) is 14.7 Å². The van der Waals surface area contributed by atoms with E-state index in [2.05, 4.69) is 37.7 Å². The van der Waals surface area contributed by atoms with Gasteiger partial charge in [0.15, 0.2) is 11.6 Å². The topological polar surface area (TPSA) is 186 Å². The summed E-state index contributed by atoms with van der Waals surface area (Å²) >= 11 is 3.99. The van der Waals surface area contributed by atoms with Crippen molar-refractivity contribution in [2.75, 3.05) is 13.2 Å². The van der Waals surface area contributed by atoms with E-state index in [0.717, 1.165) is 22.7 Å². The number of carboxylic acid groups (broad SMARTS) is 1. The third kappa shape index (κ3) is 7.39. The number of aromatic nitrogens is 4. The lowest BCUT2D eigenvalue weighted by Gasteiger charge is -2.22. The van der Waals surface area contributed by atoms with Crippen LogP contribution in [0.5, 0.6) is 0 Å². The van der Waals surface area contributed by atoms with Crippen LogP contribution in [0.4, 0.5) is 4.79 Å². The van der Waals surface area contributed by atoms with Crippen LogP contribution in [-0.4, -0.2) is 66.6 Å². The Morgan fingerprint density at radius 2 is 2.07 bits per heavy atom. The quantitative estimate of drug-likeness (QED) is 0.139. The summed E-state index contributed by atoms with van der Waals surface area (Å²) in [4.78, 5) is 42.9. The maximum absolute atomic E-state index is 12.0. The summed E-state index contributed by atoms with van der Waals surface area (Å²) in [5.41, 5.74) is 11.9. The van der Waals surface area contributed by atoms with Gasteiger partial charge in [-0.3, -0.25) is 4.99 Å². The van der Waals surface area contributed by atoms with E-state index in [1.165, 1.54) is 0 Å². The largest absolute Gasteiger partial charge is 0.480 e. The lowest BCUT2D eigenvalue weighted by molar-refractivity contribution is -0.141. The number of hydrogen-bond acceptors (Lipinski definition) is 8. The molecule has 1 atom stereocenters. The number of thiol groups is 1. The molecule has 0 radical (unpaired) electrons. The van der Waals surface area contributed by atoms with Gasteiger partial charge < -0.3 is 26.3 Å². The van der Waals surface area contributed by atoms with Gasteiger partial charge in [-0.15, -0.1) is 0 Å². The molecule has 1 amide bonds. The minimum absolute atomic E-state index is 0.0720. The molecule has 12 nitrogen and oxygen atoms in total. The number of H-pyrrole nitrogens is 1. The van der Waals surface area contributed by atoms with Gasteiger partial charge in [-0.05, 0) is 32.1 Å². The number of nitrogens with zero attached hydrogens (tertiary/aromatic N) is 5. The fourth-order valence-electron chi connectivity index (χ4n) is 2.65. The summed E-state index contributed by atoms with van der Waals surface area (Å²) in [7, 11) is 0. The second-order valence-corrected chi connectivity index (χ2v) is 6.93. The number of guanidine groups is 1. The highest BCUT2D eigenvalue weighted by Crippen LogP contribution is 2.13. The molecular weight excluding hydrogens is 412 g/mol. The number of imidazole rings is 1. The average Bonchev–Trinajstić information content (AvgIpc) is 3.17. The molecule has 6 N–H and O–H groups in total. The number of unbranched alkanes of at least 4 members (excludes halogenated alkanes) is 2. The van der Waals surface area contributed by atoms with Crippen molar-refractivity contribution in [2.45, 2.75) is 44.6 Å². The number of amides is 1. The van der Waals surface area contributed by atoms with Crippen molar-refractivity contribution < 1.29 is 19.4 Å². The Kier molecular flexibility index (Phi) is 9.12. The van der Waals surface area contributed by atoms with Gasteiger partial charge in [-0.25, -0.2) is 28.8 Å². The Hall–Kier alpha value is -3.09. The van der Waals surface area contributed by atoms with Gasteiger partial charge in [0.2, 0.25) is 0 Å². The van der Waals surface area contributed by atoms with Crippen LogP contribution in [0.2, 0.25) is 0 Å². The maximum Gasteiger partial charge on any atom is 0.420 e. The van der Waals surface area contributed by atoms with Crippen molar-refractivity contribution in [3.8, 4) is 0 Å². The Morgan fingerprint density at radius 3 is 2.80 bits per heavy atom. The Balaban J connectivity index is 1.65. The SMILES string of the molecule is NC(N)=NCCC[C@@H](C(=O)O)N(S)C(=O)OCCCCCc1ncc2[nH]cnc2n1. The summed E-state index contributed by atoms with van der Waals surface area (Å²) < 4.78 is 5.90. The minimum atomic E-state index is -1.18. The molecule has 2 heterocycles. The Morgan fingerprint density at radius 1 is 1.27 bits per heavy atom. The molecule has 0 saturated heterocycles. The summed E-state index contributed by atoms with van der Waals surface area (Å²) in [6.07, 6.45) is 5.91. The fourth-order valence-corrected chi connectivity index (χ4v) is 2.92. The molecular formula is C17H26N8O4S. The number of aliphatic imine (C=N–C) groups is 1. The number of aliphatic carboxylic acids is 1. The van der Waals surface area contributed by atoms with Gasteiger partial charge in [-0.1, -0.05) is 12.8 Å². The highest BCUT2D eigenvalue weighted by Gasteiger charge is 2.28. The molecule has 0 saturated carbocycles. The lowest BCUT2D eigenvalue weighted by Crippen LogP contribution is -2.39. The summed E-state index contributed by atoms with van der Waals surface area (Å²) in [6, 6.07) is -1.14. The van der Waals surface area contributed by atoms with Crippen molar-refractivity contribution in [3.63, 3.8) is 0 Å². The van der Waals surface area contributed by atoms with Crippen LogP contribution < -0.4 is 11.5 Å². The summed E-state index contributed by atoms with van der Waals surface area (Å²) in [6.45, 7) is 0.426. The molecule has 0 unspecified atom stereocenters. The molecule has 2 aromatic heterocycles. The van der Waals surface area contributed by atoms with E-state index < -0.39 is 18.1 Å². The second kappa shape index (κ2) is 11.8. The molecule has 0 spiro atoms. The van der Waals surface area contributed by atoms with Gasteiger partial charge in [0.05, 0.1) is 19.1 Å². The molecule has 164 valence electrons. The number of nitrogens with two attached hydrogens (primary N) is 2. The first-order valence-electron chi connectivity index (χ1n) is 9.46. The van der Waals surface area contributed by atoms with Crippen LogP contribution in [0, 0.1) is 0 Å². The fraction of sp³-hybridized carbons (Fsp3) is 0.529. The first-order valence-corrected chi connectivity index (χ1v) is 9.86. The van der Waals surface area contributed by atoms with Gasteiger partial charge in [0.25, 0.3) is 0 Å². The number of carbonyl (C=O) groups excluding carboxylic acids is 1. The van der Waals surface area contributed by atoms with Crippen LogP contribution in [-0.2, 0) is 16.0 Å². The predicted octanol–water partition coefficient (Wildman–Crippen LogP) is 0.856. The first kappa shape index (κ1) is 23.2. The van der Waals surface area contributed by atoms with E-state index in [1.54, 1.807) is 12.5 Å². The van der Waals surface area contributed by atoms with E-state index in [-0.39, 0.29) is 25.5 Å². The molecule has 2 aromatic rings. The van der Waals surface area contributed by atoms with Crippen LogP contribution in [0.1, 0.15) is 37.9 Å². The van der Waals surface area contributed by atoms with Gasteiger partial charge in [0.1, 0.15) is 17.4 Å². The summed E-state index contributed by atoms with van der Waals surface area (Å²) in [5, 5.41) is 9.30. The number of rotatable bonds is 12. The molecule has 0 aliphatic carbocycles. The van der Waals surface area contributed by atoms with E-state index in [0.29, 0.717) is 30.7 Å². The van der Waals surface area contributed by atoms with Crippen molar-refractivity contribution >= 4 is 42.0 Å². The van der Waals surface area contributed by atoms with Gasteiger partial charge >= 0.3 is 12.1 Å². The standard InChI is InChI=1S/C17H26N8O4S/c18-16(19)20-7-4-5-12(15(26)27)25(30)17(28)29-8-3-1-2-6-13-21-9-11-14(24-13)23-10-22-11/h9-10,12,30H,1-8H2,(H,26,27)(H4,18,19,20)(H,21,22,23,24)/t12-/m0/s1. The second-order valence-electron chi connectivity index (χ2n) is 6.50. The highest BCUT2D eigenvalue weighted by molar-refractivity contribution is 7.78. The van der Waals surface area contributed by atoms with Crippen LogP contribution in [0.15, 0.2) is 17.5 Å². The average molecular weight is 439 g/mol. The van der Waals surface area contributed by atoms with Crippen molar-refractivity contribution in [3.05, 3.63) is 18.3 Å². The zero-order valence-electron chi connectivity index (χ0n) is 16.4. The predicted molar refractivity (Wildman–Crippen MR) is 113 cm³/mol. The van der Waals surface area contributed by atoms with Crippen LogP contribution >= 0.6 is 12.8 Å². The number of fused-ring (bicyclic) bond motifs is 1. The maximum atomic E-state index is 12.0. The normalized spacial score (nSPS) is 11.8. The Bertz CT molecular complexity index is 870. The van der Waals surface area contributed by atoms with Crippen molar-refractivity contribution in [2.24, 2.45) is 16.5 Å². The van der Waals surface area contributed by atoms with Crippen LogP contribution in [0.25, 0.3) is 11.2 Å². The molecule has 0 fully saturated rings. The monoisotopic (exact) mass is 438 g/mol. The van der Waals surface area contributed by atoms with Gasteiger partial charge in [0, 0.05) is 13.0 Å². The van der Waals surface area contributed by atoms with E-state index in [1.807, 2.05) is 0 Å². The highest BCUT2D eigenvalue weighted by atomic mass is 32.1. The number of aryl methyl sites for hydroxylation is 1. The molecule has 30 heavy (non-hydrogen) atoms. The number of carbonyl (C=O) groups is 2. The van der Waals surface area contributed by atoms with Gasteiger partial charge in [-0.2, -0.15) is 0 Å². The minimum Gasteiger partial charge on any atom is -0.480 e. The van der Waals surface area contributed by atoms with Crippen LogP contribution in [0.3, 0.4) is 0 Å². The molecule has 0 aliphatic rings. The third-order valence-electron chi connectivity index (χ3n) is 4.19. The number of carboxylic acids is 1. The first-order chi connectivity index (χ1) is 14.4. The number of ether oxygens (including phenoxy) is 1. The van der Waals surface area contributed by atoms with Crippen molar-refractivity contribution in [1.29, 1.82) is 0 Å². The number of nitrogens with one attached hydrogen (secondary N) is 1.